The van der Waals surface area contributed by atoms with Gasteiger partial charge in [-0.05, 0) is 45.7 Å². The van der Waals surface area contributed by atoms with E-state index in [1.807, 2.05) is 58.9 Å². The summed E-state index contributed by atoms with van der Waals surface area (Å²) in [5.74, 6) is 0.00956. The Kier molecular flexibility index (Phi) is 6.04. The van der Waals surface area contributed by atoms with E-state index in [9.17, 15) is 4.79 Å². The van der Waals surface area contributed by atoms with Crippen molar-refractivity contribution in [2.45, 2.75) is 45.6 Å². The van der Waals surface area contributed by atoms with Gasteiger partial charge in [0.2, 0.25) is 5.91 Å². The Morgan fingerprint density at radius 2 is 1.74 bits per heavy atom. The fourth-order valence-electron chi connectivity index (χ4n) is 1.93. The van der Waals surface area contributed by atoms with Crippen LogP contribution in [0, 0.1) is 6.92 Å². The van der Waals surface area contributed by atoms with E-state index in [-0.39, 0.29) is 18.3 Å². The molecule has 1 amide bonds. The number of nitrogens with two attached hydrogens (primary N) is 1. The number of rotatable bonds is 4. The third-order valence-corrected chi connectivity index (χ3v) is 3.09. The number of nitrogens with one attached hydrogen (secondary N) is 1. The maximum absolute atomic E-state index is 12.3. The first-order valence-electron chi connectivity index (χ1n) is 6.28. The number of benzene rings is 1. The maximum atomic E-state index is 12.3. The van der Waals surface area contributed by atoms with Gasteiger partial charge in [-0.3, -0.25) is 4.79 Å². The predicted octanol–water partition coefficient (Wildman–Crippen LogP) is 2.55. The Hall–Kier alpha value is -1.06. The van der Waals surface area contributed by atoms with Crippen LogP contribution in [0.25, 0.3) is 0 Å². The molecule has 1 aromatic rings. The Balaban J connectivity index is 0.00000324. The highest BCUT2D eigenvalue weighted by Crippen LogP contribution is 2.26. The molecular formula is C15H25ClN2O. The number of carbonyl (C=O) groups excluding carboxylic acids is 1. The van der Waals surface area contributed by atoms with Gasteiger partial charge in [0.1, 0.15) is 0 Å². The fourth-order valence-corrected chi connectivity index (χ4v) is 1.93. The molecule has 0 aliphatic rings. The van der Waals surface area contributed by atoms with Crippen LogP contribution in [-0.4, -0.2) is 18.0 Å². The van der Waals surface area contributed by atoms with Crippen molar-refractivity contribution in [3.63, 3.8) is 0 Å². The van der Waals surface area contributed by atoms with Gasteiger partial charge in [0.15, 0.2) is 0 Å². The second kappa shape index (κ2) is 6.40. The van der Waals surface area contributed by atoms with Crippen LogP contribution in [-0.2, 0) is 10.2 Å². The molecule has 0 fully saturated rings. The zero-order valence-corrected chi connectivity index (χ0v) is 13.2. The summed E-state index contributed by atoms with van der Waals surface area (Å²) in [6, 6.07) is 7.97. The lowest BCUT2D eigenvalue weighted by atomic mass is 9.81. The van der Waals surface area contributed by atoms with Crippen molar-refractivity contribution < 1.29 is 4.79 Å². The van der Waals surface area contributed by atoms with E-state index in [0.29, 0.717) is 6.54 Å². The number of halogens is 1. The standard InChI is InChI=1S/C15H24N2O.ClH/c1-11-8-6-7-9-12(11)15(4,5)13(18)17-10-14(2,3)16;/h6-9H,10,16H2,1-5H3,(H,17,18);1H. The van der Waals surface area contributed by atoms with Crippen molar-refractivity contribution in [2.24, 2.45) is 5.73 Å². The van der Waals surface area contributed by atoms with Crippen LogP contribution in [0.2, 0.25) is 0 Å². The third-order valence-electron chi connectivity index (χ3n) is 3.09. The van der Waals surface area contributed by atoms with Gasteiger partial charge < -0.3 is 11.1 Å². The Bertz CT molecular complexity index is 436. The lowest BCUT2D eigenvalue weighted by Crippen LogP contribution is -2.49. The number of hydrogen-bond acceptors (Lipinski definition) is 2. The highest BCUT2D eigenvalue weighted by molar-refractivity contribution is 5.87. The molecule has 108 valence electrons. The molecule has 0 aliphatic heterocycles. The lowest BCUT2D eigenvalue weighted by molar-refractivity contribution is -0.125. The average Bonchev–Trinajstić information content (AvgIpc) is 2.25. The molecule has 4 heteroatoms. The zero-order valence-electron chi connectivity index (χ0n) is 12.4. The van der Waals surface area contributed by atoms with E-state index in [2.05, 4.69) is 5.32 Å². The molecule has 0 saturated carbocycles. The lowest BCUT2D eigenvalue weighted by Gasteiger charge is -2.28. The van der Waals surface area contributed by atoms with Gasteiger partial charge in [0, 0.05) is 12.1 Å². The minimum absolute atomic E-state index is 0. The normalized spacial score (nSPS) is 11.7. The van der Waals surface area contributed by atoms with Crippen molar-refractivity contribution in [2.75, 3.05) is 6.54 Å². The van der Waals surface area contributed by atoms with Crippen LogP contribution < -0.4 is 11.1 Å². The first-order chi connectivity index (χ1) is 8.14. The van der Waals surface area contributed by atoms with Crippen molar-refractivity contribution in [3.05, 3.63) is 35.4 Å². The van der Waals surface area contributed by atoms with Crippen LogP contribution >= 0.6 is 12.4 Å². The number of amides is 1. The highest BCUT2D eigenvalue weighted by Gasteiger charge is 2.31. The van der Waals surface area contributed by atoms with Crippen LogP contribution in [0.15, 0.2) is 24.3 Å². The van der Waals surface area contributed by atoms with Gasteiger partial charge in [-0.2, -0.15) is 0 Å². The summed E-state index contributed by atoms with van der Waals surface area (Å²) < 4.78 is 0. The van der Waals surface area contributed by atoms with Crippen LogP contribution in [0.4, 0.5) is 0 Å². The van der Waals surface area contributed by atoms with Crippen LogP contribution in [0.5, 0.6) is 0 Å². The number of aryl methyl sites for hydroxylation is 1. The van der Waals surface area contributed by atoms with Crippen LogP contribution in [0.3, 0.4) is 0 Å². The van der Waals surface area contributed by atoms with E-state index in [4.69, 9.17) is 5.73 Å². The van der Waals surface area contributed by atoms with Gasteiger partial charge in [0.25, 0.3) is 0 Å². The molecule has 0 heterocycles. The SMILES string of the molecule is Cc1ccccc1C(C)(C)C(=O)NCC(C)(C)N.Cl. The summed E-state index contributed by atoms with van der Waals surface area (Å²) in [6.45, 7) is 10.2. The average molecular weight is 285 g/mol. The molecule has 3 nitrogen and oxygen atoms in total. The van der Waals surface area contributed by atoms with E-state index in [1.54, 1.807) is 0 Å². The molecule has 0 saturated heterocycles. The summed E-state index contributed by atoms with van der Waals surface area (Å²) in [6.07, 6.45) is 0. The Morgan fingerprint density at radius 1 is 1.21 bits per heavy atom. The molecular weight excluding hydrogens is 260 g/mol. The van der Waals surface area contributed by atoms with Crippen molar-refractivity contribution >= 4 is 18.3 Å². The third kappa shape index (κ3) is 4.84. The second-order valence-electron chi connectivity index (χ2n) is 6.11. The Labute approximate surface area is 122 Å². The predicted molar refractivity (Wildman–Crippen MR) is 82.7 cm³/mol. The fraction of sp³-hybridized carbons (Fsp3) is 0.533. The summed E-state index contributed by atoms with van der Waals surface area (Å²) in [5.41, 5.74) is 7.13. The van der Waals surface area contributed by atoms with Gasteiger partial charge in [-0.1, -0.05) is 24.3 Å². The molecule has 3 N–H and O–H groups in total. The Morgan fingerprint density at radius 3 is 2.21 bits per heavy atom. The molecule has 0 aliphatic carbocycles. The molecule has 0 bridgehead atoms. The van der Waals surface area contributed by atoms with Gasteiger partial charge >= 0.3 is 0 Å². The van der Waals surface area contributed by atoms with E-state index >= 15 is 0 Å². The topological polar surface area (TPSA) is 55.1 Å². The molecule has 1 rings (SSSR count). The summed E-state index contributed by atoms with van der Waals surface area (Å²) in [5, 5.41) is 2.92. The van der Waals surface area contributed by atoms with Crippen LogP contribution in [0.1, 0.15) is 38.8 Å². The molecule has 0 atom stereocenters. The summed E-state index contributed by atoms with van der Waals surface area (Å²) in [7, 11) is 0. The largest absolute Gasteiger partial charge is 0.354 e. The first-order valence-corrected chi connectivity index (χ1v) is 6.28. The molecule has 0 spiro atoms. The van der Waals surface area contributed by atoms with Crippen molar-refractivity contribution in [1.82, 2.24) is 5.32 Å². The minimum Gasteiger partial charge on any atom is -0.354 e. The first kappa shape index (κ1) is 17.9. The number of carbonyl (C=O) groups is 1. The zero-order chi connectivity index (χ0) is 14.0. The molecule has 1 aromatic carbocycles. The molecule has 0 unspecified atom stereocenters. The van der Waals surface area contributed by atoms with E-state index in [0.717, 1.165) is 11.1 Å². The summed E-state index contributed by atoms with van der Waals surface area (Å²) in [4.78, 5) is 12.3. The van der Waals surface area contributed by atoms with Gasteiger partial charge in [-0.15, -0.1) is 12.4 Å². The second-order valence-corrected chi connectivity index (χ2v) is 6.11. The van der Waals surface area contributed by atoms with Gasteiger partial charge in [-0.25, -0.2) is 0 Å². The van der Waals surface area contributed by atoms with E-state index < -0.39 is 11.0 Å². The smallest absolute Gasteiger partial charge is 0.230 e. The van der Waals surface area contributed by atoms with Crippen molar-refractivity contribution in [1.29, 1.82) is 0 Å². The summed E-state index contributed by atoms with van der Waals surface area (Å²) >= 11 is 0. The number of hydrogen-bond donors (Lipinski definition) is 2. The molecule has 0 aromatic heterocycles. The highest BCUT2D eigenvalue weighted by atomic mass is 35.5. The molecule has 0 radical (unpaired) electrons. The minimum atomic E-state index is -0.545. The van der Waals surface area contributed by atoms with Crippen molar-refractivity contribution in [3.8, 4) is 0 Å². The quantitative estimate of drug-likeness (QED) is 0.893. The maximum Gasteiger partial charge on any atom is 0.230 e. The van der Waals surface area contributed by atoms with E-state index in [1.165, 1.54) is 0 Å². The monoisotopic (exact) mass is 284 g/mol. The van der Waals surface area contributed by atoms with Gasteiger partial charge in [0.05, 0.1) is 5.41 Å². The molecule has 19 heavy (non-hydrogen) atoms.